The van der Waals surface area contributed by atoms with Gasteiger partial charge in [-0.2, -0.15) is 0 Å². The zero-order valence-electron chi connectivity index (χ0n) is 44.3. The summed E-state index contributed by atoms with van der Waals surface area (Å²) >= 11 is 0. The molecule has 0 aromatic heterocycles. The van der Waals surface area contributed by atoms with E-state index in [0.717, 1.165) is 161 Å². The Hall–Kier alpha value is -4.45. The van der Waals surface area contributed by atoms with Gasteiger partial charge in [-0.25, -0.2) is 0 Å². The largest absolute Gasteiger partial charge is 0.462 e. The maximum absolute atomic E-state index is 12.8. The van der Waals surface area contributed by atoms with E-state index in [1.165, 1.54) is 25.7 Å². The van der Waals surface area contributed by atoms with Gasteiger partial charge in [0.05, 0.1) is 0 Å². The Labute approximate surface area is 424 Å². The summed E-state index contributed by atoms with van der Waals surface area (Å²) < 4.78 is 16.8. The number of allylic oxidation sites excluding steroid dienone is 22. The van der Waals surface area contributed by atoms with Crippen LogP contribution < -0.4 is 0 Å². The van der Waals surface area contributed by atoms with Crippen LogP contribution in [0.2, 0.25) is 0 Å². The molecule has 0 saturated carbocycles. The second-order valence-corrected chi connectivity index (χ2v) is 17.7. The summed E-state index contributed by atoms with van der Waals surface area (Å²) in [4.78, 5) is 38.1. The van der Waals surface area contributed by atoms with Crippen LogP contribution in [0.1, 0.15) is 226 Å². The molecule has 0 fully saturated rings. The number of rotatable bonds is 48. The topological polar surface area (TPSA) is 78.9 Å². The highest BCUT2D eigenvalue weighted by Gasteiger charge is 2.19. The van der Waals surface area contributed by atoms with Crippen molar-refractivity contribution in [3.05, 3.63) is 134 Å². The molecule has 0 aliphatic carbocycles. The van der Waals surface area contributed by atoms with E-state index in [1.54, 1.807) is 0 Å². The lowest BCUT2D eigenvalue weighted by atomic mass is 10.1. The van der Waals surface area contributed by atoms with Crippen LogP contribution in [0.15, 0.2) is 134 Å². The van der Waals surface area contributed by atoms with Crippen LogP contribution in [0.4, 0.5) is 0 Å². The van der Waals surface area contributed by atoms with Gasteiger partial charge < -0.3 is 14.2 Å². The van der Waals surface area contributed by atoms with Crippen molar-refractivity contribution in [2.45, 2.75) is 232 Å². The molecule has 1 unspecified atom stereocenters. The molecule has 0 radical (unpaired) electrons. The van der Waals surface area contributed by atoms with Crippen molar-refractivity contribution in [2.24, 2.45) is 0 Å². The van der Waals surface area contributed by atoms with Crippen molar-refractivity contribution in [3.8, 4) is 0 Å². The SMILES string of the molecule is CC/C=C\C/C=C\C/C=C\C/C=C\CCCCCCCCC(=O)OCC(COC(=O)CCCCCCCC/C=C\C/C=C\C/C=C\CC)OC(=O)CCCCC/C=C\C/C=C\C/C=C\C/C=C\CC. The number of hydrogen-bond acceptors (Lipinski definition) is 6. The van der Waals surface area contributed by atoms with Crippen LogP contribution in [0.3, 0.4) is 0 Å². The molecule has 0 heterocycles. The van der Waals surface area contributed by atoms with Crippen molar-refractivity contribution in [2.75, 3.05) is 13.2 Å². The highest BCUT2D eigenvalue weighted by Crippen LogP contribution is 2.13. The zero-order chi connectivity index (χ0) is 50.0. The Kier molecular flexibility index (Phi) is 52.5. The van der Waals surface area contributed by atoms with Crippen molar-refractivity contribution >= 4 is 17.9 Å². The highest BCUT2D eigenvalue weighted by molar-refractivity contribution is 5.71. The number of ether oxygens (including phenoxy) is 3. The summed E-state index contributed by atoms with van der Waals surface area (Å²) in [7, 11) is 0. The predicted octanol–water partition coefficient (Wildman–Crippen LogP) is 18.6. The van der Waals surface area contributed by atoms with E-state index in [4.69, 9.17) is 14.2 Å². The van der Waals surface area contributed by atoms with Gasteiger partial charge in [0.25, 0.3) is 0 Å². The Bertz CT molecular complexity index is 1510. The number of carbonyl (C=O) groups excluding carboxylic acids is 3. The molecule has 6 heteroatoms. The van der Waals surface area contributed by atoms with E-state index in [0.29, 0.717) is 12.8 Å². The van der Waals surface area contributed by atoms with E-state index in [-0.39, 0.29) is 37.5 Å². The molecule has 0 aliphatic heterocycles. The van der Waals surface area contributed by atoms with E-state index in [9.17, 15) is 14.4 Å². The summed E-state index contributed by atoms with van der Waals surface area (Å²) in [5.74, 6) is -0.970. The molecule has 6 nitrogen and oxygen atoms in total. The maximum Gasteiger partial charge on any atom is 0.306 e. The smallest absolute Gasteiger partial charge is 0.306 e. The fourth-order valence-corrected chi connectivity index (χ4v) is 7.08. The first-order valence-corrected chi connectivity index (χ1v) is 27.7. The second kappa shape index (κ2) is 56.1. The average Bonchev–Trinajstić information content (AvgIpc) is 3.35. The van der Waals surface area contributed by atoms with Crippen molar-refractivity contribution in [3.63, 3.8) is 0 Å². The molecule has 0 aromatic rings. The minimum Gasteiger partial charge on any atom is -0.462 e. The molecule has 0 aromatic carbocycles. The van der Waals surface area contributed by atoms with Gasteiger partial charge >= 0.3 is 17.9 Å². The summed E-state index contributed by atoms with van der Waals surface area (Å²) in [5.41, 5.74) is 0. The average molecular weight is 953 g/mol. The van der Waals surface area contributed by atoms with Gasteiger partial charge in [0.2, 0.25) is 0 Å². The third kappa shape index (κ3) is 54.4. The molecule has 1 atom stereocenters. The monoisotopic (exact) mass is 953 g/mol. The summed E-state index contributed by atoms with van der Waals surface area (Å²) in [5, 5.41) is 0. The lowest BCUT2D eigenvalue weighted by Crippen LogP contribution is -2.30. The molecule has 0 saturated heterocycles. The Morgan fingerprint density at radius 1 is 0.290 bits per heavy atom. The van der Waals surface area contributed by atoms with Crippen LogP contribution >= 0.6 is 0 Å². The fourth-order valence-electron chi connectivity index (χ4n) is 7.08. The first-order chi connectivity index (χ1) is 34.0. The first kappa shape index (κ1) is 64.5. The van der Waals surface area contributed by atoms with Gasteiger partial charge in [-0.3, -0.25) is 14.4 Å². The quantitative estimate of drug-likeness (QED) is 0.0262. The molecule has 69 heavy (non-hydrogen) atoms. The molecular formula is C63H100O6. The van der Waals surface area contributed by atoms with Crippen LogP contribution in [0, 0.1) is 0 Å². The first-order valence-electron chi connectivity index (χ1n) is 27.7. The van der Waals surface area contributed by atoms with Gasteiger partial charge in [-0.05, 0) is 128 Å². The third-order valence-corrected chi connectivity index (χ3v) is 11.1. The summed E-state index contributed by atoms with van der Waals surface area (Å²) in [6.45, 7) is 6.24. The second-order valence-electron chi connectivity index (χ2n) is 17.7. The molecular weight excluding hydrogens is 853 g/mol. The molecule has 0 amide bonds. The van der Waals surface area contributed by atoms with E-state index in [2.05, 4.69) is 154 Å². The van der Waals surface area contributed by atoms with Gasteiger partial charge in [-0.15, -0.1) is 0 Å². The molecule has 0 aliphatic rings. The van der Waals surface area contributed by atoms with E-state index in [1.807, 2.05) is 0 Å². The molecule has 0 N–H and O–H groups in total. The minimum absolute atomic E-state index is 0.107. The number of unbranched alkanes of at least 4 members (excludes halogenated alkanes) is 15. The van der Waals surface area contributed by atoms with E-state index >= 15 is 0 Å². The molecule has 388 valence electrons. The number of esters is 3. The van der Waals surface area contributed by atoms with Crippen molar-refractivity contribution < 1.29 is 28.6 Å². The Morgan fingerprint density at radius 2 is 0.522 bits per heavy atom. The van der Waals surface area contributed by atoms with Crippen LogP contribution in [0.5, 0.6) is 0 Å². The van der Waals surface area contributed by atoms with Crippen molar-refractivity contribution in [1.82, 2.24) is 0 Å². The van der Waals surface area contributed by atoms with Gasteiger partial charge in [0.15, 0.2) is 6.10 Å². The van der Waals surface area contributed by atoms with Crippen LogP contribution in [-0.4, -0.2) is 37.2 Å². The minimum atomic E-state index is -0.812. The van der Waals surface area contributed by atoms with Crippen molar-refractivity contribution in [1.29, 1.82) is 0 Å². The summed E-state index contributed by atoms with van der Waals surface area (Å²) in [6.07, 6.45) is 78.6. The Morgan fingerprint density at radius 3 is 0.826 bits per heavy atom. The van der Waals surface area contributed by atoms with Crippen LogP contribution in [0.25, 0.3) is 0 Å². The lowest BCUT2D eigenvalue weighted by Gasteiger charge is -2.18. The summed E-state index contributed by atoms with van der Waals surface area (Å²) in [6, 6.07) is 0. The van der Waals surface area contributed by atoms with E-state index < -0.39 is 6.10 Å². The van der Waals surface area contributed by atoms with Gasteiger partial charge in [0.1, 0.15) is 13.2 Å². The highest BCUT2D eigenvalue weighted by atomic mass is 16.6. The van der Waals surface area contributed by atoms with Gasteiger partial charge in [-0.1, -0.05) is 212 Å². The lowest BCUT2D eigenvalue weighted by molar-refractivity contribution is -0.167. The maximum atomic E-state index is 12.8. The fraction of sp³-hybridized carbons (Fsp3) is 0.603. The molecule has 0 spiro atoms. The van der Waals surface area contributed by atoms with Crippen LogP contribution in [-0.2, 0) is 28.6 Å². The predicted molar refractivity (Wildman–Crippen MR) is 297 cm³/mol. The number of carbonyl (C=O) groups is 3. The third-order valence-electron chi connectivity index (χ3n) is 11.1. The standard InChI is InChI=1S/C63H100O6/c1-4-7-10-13-16-19-22-25-28-31-32-33-36-38-41-44-47-50-53-56-62(65)68-59-60(69-63(66)57-54-51-48-45-42-39-35-30-27-24-21-18-15-12-9-6-3)58-67-61(64)55-52-49-46-43-40-37-34-29-26-23-20-17-14-11-8-5-2/h7-12,16-21,25-30,32-33,39,42,60H,4-6,13-15,22-24,31,34-38,40-41,43-59H2,1-3H3/b10-7-,11-8-,12-9-,19-16-,20-17-,21-18-,28-25-,29-26-,30-27-,33-32-,42-39-. The zero-order valence-corrected chi connectivity index (χ0v) is 44.3. The number of hydrogen-bond donors (Lipinski definition) is 0. The molecule has 0 rings (SSSR count). The molecule has 0 bridgehead atoms. The normalized spacial score (nSPS) is 13.1. The Balaban J connectivity index is 4.51. The van der Waals surface area contributed by atoms with Gasteiger partial charge in [0, 0.05) is 19.3 Å².